The highest BCUT2D eigenvalue weighted by molar-refractivity contribution is 6.11. The van der Waals surface area contributed by atoms with Gasteiger partial charge in [0.25, 0.3) is 0 Å². The van der Waals surface area contributed by atoms with Crippen LogP contribution in [0.25, 0.3) is 0 Å². The molecular weight excluding hydrogens is 554 g/mol. The fourth-order valence-electron chi connectivity index (χ4n) is 5.89. The number of fused-ring (bicyclic) bond motifs is 1. The van der Waals surface area contributed by atoms with Crippen LogP contribution in [0.2, 0.25) is 0 Å². The minimum Gasteiger partial charge on any atom is -0.497 e. The molecule has 3 aromatic carbocycles. The van der Waals surface area contributed by atoms with Crippen molar-refractivity contribution in [3.63, 3.8) is 0 Å². The number of methoxy groups -OCH3 is 2. The van der Waals surface area contributed by atoms with E-state index in [1.807, 2.05) is 56.3 Å². The Kier molecular flexibility index (Phi) is 8.36. The lowest BCUT2D eigenvalue weighted by molar-refractivity contribution is 0.148. The number of aryl methyl sites for hydroxylation is 2. The standard InChI is InChI=1S/C34H39N7O3/c1-23-7-6-8-24(2)31(23)40-22-26-20-35-33(36-27-11-9-25(10-12-27)21-39-17-15-38(3)16-18-39)37-32(26)41(34(40)42)29-14-13-28(43-4)19-30(29)44-5/h6-14,19-20H,15-18,21-22H2,1-5H3,(H,35,36,37). The summed E-state index contributed by atoms with van der Waals surface area (Å²) in [6.07, 6.45) is 1.79. The number of urea groups is 1. The van der Waals surface area contributed by atoms with Crippen molar-refractivity contribution in [1.82, 2.24) is 19.8 Å². The number of carbonyl (C=O) groups excluding carboxylic acids is 1. The SMILES string of the molecule is COc1ccc(N2C(=O)N(c3c(C)cccc3C)Cc3cnc(Nc4ccc(CN5CCN(C)CC5)cc4)nc32)c(OC)c1. The Morgan fingerprint density at radius 2 is 1.64 bits per heavy atom. The number of ether oxygens (including phenoxy) is 2. The highest BCUT2D eigenvalue weighted by Gasteiger charge is 2.37. The molecule has 1 fully saturated rings. The van der Waals surface area contributed by atoms with Crippen LogP contribution in [0.1, 0.15) is 22.3 Å². The molecule has 0 aliphatic carbocycles. The van der Waals surface area contributed by atoms with Gasteiger partial charge in [-0.05, 0) is 61.9 Å². The summed E-state index contributed by atoms with van der Waals surface area (Å²) in [5.74, 6) is 2.03. The number of para-hydroxylation sites is 1. The number of piperazine rings is 1. The number of hydrogen-bond acceptors (Lipinski definition) is 8. The van der Waals surface area contributed by atoms with E-state index in [0.717, 1.165) is 60.8 Å². The maximum Gasteiger partial charge on any atom is 0.335 e. The molecule has 0 atom stereocenters. The van der Waals surface area contributed by atoms with Crippen molar-refractivity contribution in [2.75, 3.05) is 62.6 Å². The van der Waals surface area contributed by atoms with Crippen LogP contribution in [0.4, 0.5) is 33.6 Å². The van der Waals surface area contributed by atoms with Crippen LogP contribution in [-0.2, 0) is 13.1 Å². The van der Waals surface area contributed by atoms with E-state index >= 15 is 0 Å². The molecule has 1 saturated heterocycles. The molecule has 1 aromatic heterocycles. The monoisotopic (exact) mass is 593 g/mol. The van der Waals surface area contributed by atoms with Gasteiger partial charge in [-0.1, -0.05) is 30.3 Å². The van der Waals surface area contributed by atoms with Gasteiger partial charge in [-0.15, -0.1) is 0 Å². The van der Waals surface area contributed by atoms with Crippen LogP contribution < -0.4 is 24.6 Å². The van der Waals surface area contributed by atoms with Crippen molar-refractivity contribution in [2.45, 2.75) is 26.9 Å². The Labute approximate surface area is 258 Å². The zero-order valence-electron chi connectivity index (χ0n) is 26.0. The minimum atomic E-state index is -0.226. The number of amides is 2. The lowest BCUT2D eigenvalue weighted by atomic mass is 10.1. The number of nitrogens with zero attached hydrogens (tertiary/aromatic N) is 6. The van der Waals surface area contributed by atoms with Gasteiger partial charge < -0.3 is 19.7 Å². The molecule has 1 N–H and O–H groups in total. The summed E-state index contributed by atoms with van der Waals surface area (Å²) < 4.78 is 11.2. The second kappa shape index (κ2) is 12.5. The van der Waals surface area contributed by atoms with Gasteiger partial charge in [0, 0.05) is 56.2 Å². The molecule has 2 amide bonds. The molecule has 10 heteroatoms. The molecule has 228 valence electrons. The third-order valence-corrected chi connectivity index (χ3v) is 8.35. The van der Waals surface area contributed by atoms with E-state index in [2.05, 4.69) is 39.3 Å². The second-order valence-electron chi connectivity index (χ2n) is 11.4. The maximum absolute atomic E-state index is 14.4. The van der Waals surface area contributed by atoms with Gasteiger partial charge >= 0.3 is 6.03 Å². The topological polar surface area (TPSA) is 86.3 Å². The van der Waals surface area contributed by atoms with E-state index in [1.54, 1.807) is 36.3 Å². The first-order valence-electron chi connectivity index (χ1n) is 14.9. The number of benzene rings is 3. The third-order valence-electron chi connectivity index (χ3n) is 8.35. The normalized spacial score (nSPS) is 15.7. The number of nitrogens with one attached hydrogen (secondary N) is 1. The van der Waals surface area contributed by atoms with Crippen LogP contribution in [0.5, 0.6) is 11.5 Å². The van der Waals surface area contributed by atoms with Crippen LogP contribution in [-0.4, -0.2) is 73.2 Å². The predicted molar refractivity (Wildman–Crippen MR) is 174 cm³/mol. The summed E-state index contributed by atoms with van der Waals surface area (Å²) in [6.45, 7) is 9.66. The van der Waals surface area contributed by atoms with Crippen molar-refractivity contribution in [1.29, 1.82) is 0 Å². The molecule has 4 aromatic rings. The van der Waals surface area contributed by atoms with Gasteiger partial charge in [0.05, 0.1) is 32.1 Å². The van der Waals surface area contributed by atoms with Gasteiger partial charge in [-0.3, -0.25) is 9.80 Å². The highest BCUT2D eigenvalue weighted by Crippen LogP contribution is 2.42. The number of hydrogen-bond donors (Lipinski definition) is 1. The van der Waals surface area contributed by atoms with Crippen LogP contribution in [0, 0.1) is 13.8 Å². The lowest BCUT2D eigenvalue weighted by Gasteiger charge is -2.37. The molecule has 0 saturated carbocycles. The number of aromatic nitrogens is 2. The first kappa shape index (κ1) is 29.4. The minimum absolute atomic E-state index is 0.226. The van der Waals surface area contributed by atoms with E-state index in [1.165, 1.54) is 5.56 Å². The summed E-state index contributed by atoms with van der Waals surface area (Å²) in [6, 6.07) is 19.6. The van der Waals surface area contributed by atoms with Crippen molar-refractivity contribution < 1.29 is 14.3 Å². The average molecular weight is 594 g/mol. The maximum atomic E-state index is 14.4. The predicted octanol–water partition coefficient (Wildman–Crippen LogP) is 5.88. The van der Waals surface area contributed by atoms with Crippen molar-refractivity contribution in [3.05, 3.63) is 89.1 Å². The summed E-state index contributed by atoms with van der Waals surface area (Å²) in [5.41, 5.74) is 6.42. The van der Waals surface area contributed by atoms with Crippen LogP contribution in [0.3, 0.4) is 0 Å². The molecule has 3 heterocycles. The molecule has 0 radical (unpaired) electrons. The zero-order chi connectivity index (χ0) is 30.8. The van der Waals surface area contributed by atoms with E-state index in [-0.39, 0.29) is 6.03 Å². The molecule has 44 heavy (non-hydrogen) atoms. The molecule has 0 spiro atoms. The number of likely N-dealkylation sites (N-methyl/N-ethyl adjacent to an activating group) is 1. The smallest absolute Gasteiger partial charge is 0.335 e. The van der Waals surface area contributed by atoms with E-state index in [4.69, 9.17) is 14.5 Å². The largest absolute Gasteiger partial charge is 0.497 e. The van der Waals surface area contributed by atoms with Crippen molar-refractivity contribution in [2.24, 2.45) is 0 Å². The average Bonchev–Trinajstić information content (AvgIpc) is 3.03. The number of rotatable bonds is 8. The highest BCUT2D eigenvalue weighted by atomic mass is 16.5. The van der Waals surface area contributed by atoms with Gasteiger partial charge in [0.2, 0.25) is 5.95 Å². The van der Waals surface area contributed by atoms with E-state index in [9.17, 15) is 4.79 Å². The van der Waals surface area contributed by atoms with Crippen molar-refractivity contribution >= 4 is 34.9 Å². The second-order valence-corrected chi connectivity index (χ2v) is 11.4. The summed E-state index contributed by atoms with van der Waals surface area (Å²) >= 11 is 0. The summed E-state index contributed by atoms with van der Waals surface area (Å²) in [5, 5.41) is 3.34. The molecule has 2 aliphatic rings. The summed E-state index contributed by atoms with van der Waals surface area (Å²) in [7, 11) is 5.35. The van der Waals surface area contributed by atoms with Crippen LogP contribution in [0.15, 0.2) is 66.9 Å². The molecule has 10 nitrogen and oxygen atoms in total. The van der Waals surface area contributed by atoms with E-state index < -0.39 is 0 Å². The third kappa shape index (κ3) is 5.91. The number of carbonyl (C=O) groups is 1. The Bertz CT molecular complexity index is 1630. The number of anilines is 5. The Balaban J connectivity index is 1.32. The van der Waals surface area contributed by atoms with Gasteiger partial charge in [-0.25, -0.2) is 14.7 Å². The quantitative estimate of drug-likeness (QED) is 0.271. The molecule has 2 aliphatic heterocycles. The van der Waals surface area contributed by atoms with Gasteiger partial charge in [0.1, 0.15) is 11.5 Å². The Morgan fingerprint density at radius 1 is 0.909 bits per heavy atom. The molecule has 6 rings (SSSR count). The Hall–Kier alpha value is -4.67. The molecule has 0 bridgehead atoms. The van der Waals surface area contributed by atoms with E-state index in [0.29, 0.717) is 35.5 Å². The van der Waals surface area contributed by atoms with Crippen molar-refractivity contribution in [3.8, 4) is 11.5 Å². The molecular formula is C34H39N7O3. The van der Waals surface area contributed by atoms with Crippen LogP contribution >= 0.6 is 0 Å². The Morgan fingerprint density at radius 3 is 2.32 bits per heavy atom. The molecule has 0 unspecified atom stereocenters. The lowest BCUT2D eigenvalue weighted by Crippen LogP contribution is -2.46. The fraction of sp³-hybridized carbons (Fsp3) is 0.324. The zero-order valence-corrected chi connectivity index (χ0v) is 26.0. The van der Waals surface area contributed by atoms with Gasteiger partial charge in [-0.2, -0.15) is 4.98 Å². The van der Waals surface area contributed by atoms with Gasteiger partial charge in [0.15, 0.2) is 5.82 Å². The fourth-order valence-corrected chi connectivity index (χ4v) is 5.89. The summed E-state index contributed by atoms with van der Waals surface area (Å²) in [4.78, 5) is 32.2. The first-order valence-corrected chi connectivity index (χ1v) is 14.9. The first-order chi connectivity index (χ1) is 21.3.